The summed E-state index contributed by atoms with van der Waals surface area (Å²) in [5, 5.41) is 0. The molecule has 0 radical (unpaired) electrons. The predicted molar refractivity (Wildman–Crippen MR) is 82.1 cm³/mol. The van der Waals surface area contributed by atoms with Gasteiger partial charge >= 0.3 is 0 Å². The van der Waals surface area contributed by atoms with E-state index < -0.39 is 0 Å². The lowest BCUT2D eigenvalue weighted by Gasteiger charge is -2.35. The van der Waals surface area contributed by atoms with E-state index in [9.17, 15) is 4.79 Å². The Kier molecular flexibility index (Phi) is 4.88. The molecule has 0 fully saturated rings. The molecule has 2 N–H and O–H groups in total. The molecule has 1 aromatic carbocycles. The molecule has 1 heterocycles. The molecule has 4 heteroatoms. The van der Waals surface area contributed by atoms with Crippen molar-refractivity contribution in [1.82, 2.24) is 0 Å². The van der Waals surface area contributed by atoms with Gasteiger partial charge in [0.2, 0.25) is 0 Å². The van der Waals surface area contributed by atoms with E-state index in [0.717, 1.165) is 30.8 Å². The average molecular weight is 276 g/mol. The van der Waals surface area contributed by atoms with E-state index in [1.807, 2.05) is 30.0 Å². The zero-order valence-corrected chi connectivity index (χ0v) is 12.4. The standard InChI is InChI=1S/C16H24N2O2/c1-3-5-6-7-11-18-15-12(17)9-8-10-14(15)20-13(4-2)16(18)19/h8-10,13H,3-7,11,17H2,1-2H3. The van der Waals surface area contributed by atoms with E-state index >= 15 is 0 Å². The highest BCUT2D eigenvalue weighted by atomic mass is 16.5. The zero-order valence-electron chi connectivity index (χ0n) is 12.4. The first kappa shape index (κ1) is 14.7. The van der Waals surface area contributed by atoms with Crippen LogP contribution in [0.2, 0.25) is 0 Å². The topological polar surface area (TPSA) is 55.6 Å². The fraction of sp³-hybridized carbons (Fsp3) is 0.562. The maximum Gasteiger partial charge on any atom is 0.268 e. The lowest BCUT2D eigenvalue weighted by molar-refractivity contribution is -0.126. The van der Waals surface area contributed by atoms with Gasteiger partial charge in [0.05, 0.1) is 5.69 Å². The molecule has 110 valence electrons. The molecule has 0 saturated heterocycles. The molecule has 0 aliphatic carbocycles. The smallest absolute Gasteiger partial charge is 0.268 e. The Labute approximate surface area is 120 Å². The summed E-state index contributed by atoms with van der Waals surface area (Å²) in [7, 11) is 0. The number of benzene rings is 1. The molecule has 0 aromatic heterocycles. The van der Waals surface area contributed by atoms with E-state index in [4.69, 9.17) is 10.5 Å². The Morgan fingerprint density at radius 2 is 2.05 bits per heavy atom. The molecule has 0 saturated carbocycles. The van der Waals surface area contributed by atoms with Gasteiger partial charge in [-0.15, -0.1) is 0 Å². The number of carbonyl (C=O) groups is 1. The van der Waals surface area contributed by atoms with E-state index in [1.54, 1.807) is 0 Å². The molecule has 2 rings (SSSR count). The molecule has 0 spiro atoms. The number of carbonyl (C=O) groups excluding carboxylic acids is 1. The molecule has 1 aliphatic rings. The SMILES string of the molecule is CCCCCCN1C(=O)C(CC)Oc2cccc(N)c21. The van der Waals surface area contributed by atoms with Crippen LogP contribution in [0.1, 0.15) is 46.0 Å². The molecule has 20 heavy (non-hydrogen) atoms. The van der Waals surface area contributed by atoms with Crippen LogP contribution in [0.5, 0.6) is 5.75 Å². The maximum atomic E-state index is 12.5. The van der Waals surface area contributed by atoms with Crippen molar-refractivity contribution in [2.45, 2.75) is 52.1 Å². The molecule has 0 bridgehead atoms. The third kappa shape index (κ3) is 2.89. The van der Waals surface area contributed by atoms with Gasteiger partial charge in [0, 0.05) is 6.54 Å². The van der Waals surface area contributed by atoms with Crippen molar-refractivity contribution in [3.05, 3.63) is 18.2 Å². The summed E-state index contributed by atoms with van der Waals surface area (Å²) in [6.45, 7) is 4.87. The zero-order chi connectivity index (χ0) is 14.5. The van der Waals surface area contributed by atoms with Gasteiger partial charge < -0.3 is 15.4 Å². The van der Waals surface area contributed by atoms with Crippen LogP contribution in [0.3, 0.4) is 0 Å². The Morgan fingerprint density at radius 3 is 2.75 bits per heavy atom. The van der Waals surface area contributed by atoms with Crippen molar-refractivity contribution in [2.75, 3.05) is 17.2 Å². The Bertz CT molecular complexity index is 474. The lowest BCUT2D eigenvalue weighted by Crippen LogP contribution is -2.46. The highest BCUT2D eigenvalue weighted by Gasteiger charge is 2.34. The second-order valence-electron chi connectivity index (χ2n) is 5.26. The van der Waals surface area contributed by atoms with Crippen molar-refractivity contribution in [1.29, 1.82) is 0 Å². The minimum Gasteiger partial charge on any atom is -0.478 e. The van der Waals surface area contributed by atoms with Gasteiger partial charge in [0.25, 0.3) is 5.91 Å². The monoisotopic (exact) mass is 276 g/mol. The largest absolute Gasteiger partial charge is 0.478 e. The molecule has 1 amide bonds. The average Bonchev–Trinajstić information content (AvgIpc) is 2.45. The summed E-state index contributed by atoms with van der Waals surface area (Å²) in [4.78, 5) is 14.3. The molecular formula is C16H24N2O2. The van der Waals surface area contributed by atoms with Crippen LogP contribution in [0, 0.1) is 0 Å². The molecule has 1 unspecified atom stereocenters. The van der Waals surface area contributed by atoms with Gasteiger partial charge in [-0.25, -0.2) is 0 Å². The number of para-hydroxylation sites is 1. The van der Waals surface area contributed by atoms with Crippen LogP contribution in [-0.2, 0) is 4.79 Å². The quantitative estimate of drug-likeness (QED) is 0.640. The summed E-state index contributed by atoms with van der Waals surface area (Å²) in [6.07, 6.45) is 4.83. The van der Waals surface area contributed by atoms with E-state index in [0.29, 0.717) is 12.1 Å². The first-order valence-electron chi connectivity index (χ1n) is 7.55. The van der Waals surface area contributed by atoms with E-state index in [1.165, 1.54) is 12.8 Å². The van der Waals surface area contributed by atoms with Crippen molar-refractivity contribution in [3.63, 3.8) is 0 Å². The van der Waals surface area contributed by atoms with Gasteiger partial charge in [-0.3, -0.25) is 4.79 Å². The van der Waals surface area contributed by atoms with Crippen LogP contribution in [0.4, 0.5) is 11.4 Å². The molecular weight excluding hydrogens is 252 g/mol. The second-order valence-corrected chi connectivity index (χ2v) is 5.26. The van der Waals surface area contributed by atoms with Gasteiger partial charge in [0.1, 0.15) is 11.4 Å². The van der Waals surface area contributed by atoms with Gasteiger partial charge in [-0.05, 0) is 25.0 Å². The summed E-state index contributed by atoms with van der Waals surface area (Å²) < 4.78 is 5.76. The van der Waals surface area contributed by atoms with Gasteiger partial charge in [-0.1, -0.05) is 39.2 Å². The summed E-state index contributed by atoms with van der Waals surface area (Å²) in [6, 6.07) is 5.58. The normalized spacial score (nSPS) is 17.8. The number of nitrogens with two attached hydrogens (primary N) is 1. The predicted octanol–water partition coefficient (Wildman–Crippen LogP) is 3.35. The number of nitrogens with zero attached hydrogens (tertiary/aromatic N) is 1. The Morgan fingerprint density at radius 1 is 1.25 bits per heavy atom. The Hall–Kier alpha value is -1.71. The third-order valence-electron chi connectivity index (χ3n) is 3.72. The van der Waals surface area contributed by atoms with Crippen LogP contribution < -0.4 is 15.4 Å². The minimum atomic E-state index is -0.379. The lowest BCUT2D eigenvalue weighted by atomic mass is 10.1. The number of ether oxygens (including phenoxy) is 1. The highest BCUT2D eigenvalue weighted by Crippen LogP contribution is 2.39. The van der Waals surface area contributed by atoms with Crippen molar-refractivity contribution < 1.29 is 9.53 Å². The first-order chi connectivity index (χ1) is 9.69. The number of fused-ring (bicyclic) bond motifs is 1. The van der Waals surface area contributed by atoms with Crippen molar-refractivity contribution in [2.24, 2.45) is 0 Å². The van der Waals surface area contributed by atoms with E-state index in [2.05, 4.69) is 6.92 Å². The van der Waals surface area contributed by atoms with Crippen LogP contribution in [0.15, 0.2) is 18.2 Å². The molecule has 4 nitrogen and oxygen atoms in total. The van der Waals surface area contributed by atoms with Crippen LogP contribution in [-0.4, -0.2) is 18.6 Å². The third-order valence-corrected chi connectivity index (χ3v) is 3.72. The molecule has 1 atom stereocenters. The van der Waals surface area contributed by atoms with Gasteiger partial charge in [0.15, 0.2) is 6.10 Å². The van der Waals surface area contributed by atoms with Crippen molar-refractivity contribution in [3.8, 4) is 5.75 Å². The number of nitrogen functional groups attached to an aromatic ring is 1. The highest BCUT2D eigenvalue weighted by molar-refractivity contribution is 6.02. The number of anilines is 2. The number of hydrogen-bond acceptors (Lipinski definition) is 3. The van der Waals surface area contributed by atoms with Crippen LogP contribution >= 0.6 is 0 Å². The molecule has 1 aliphatic heterocycles. The maximum absolute atomic E-state index is 12.5. The number of rotatable bonds is 6. The summed E-state index contributed by atoms with van der Waals surface area (Å²) in [5.41, 5.74) is 7.40. The number of amides is 1. The number of unbranched alkanes of at least 4 members (excludes halogenated alkanes) is 3. The summed E-state index contributed by atoms with van der Waals surface area (Å²) in [5.74, 6) is 0.765. The molecule has 1 aromatic rings. The summed E-state index contributed by atoms with van der Waals surface area (Å²) >= 11 is 0. The fourth-order valence-corrected chi connectivity index (χ4v) is 2.59. The first-order valence-corrected chi connectivity index (χ1v) is 7.55. The van der Waals surface area contributed by atoms with Crippen LogP contribution in [0.25, 0.3) is 0 Å². The van der Waals surface area contributed by atoms with E-state index in [-0.39, 0.29) is 12.0 Å². The Balaban J connectivity index is 2.21. The second kappa shape index (κ2) is 6.64. The fourth-order valence-electron chi connectivity index (χ4n) is 2.59. The minimum absolute atomic E-state index is 0.0365. The van der Waals surface area contributed by atoms with Crippen molar-refractivity contribution >= 4 is 17.3 Å². The number of hydrogen-bond donors (Lipinski definition) is 1. The van der Waals surface area contributed by atoms with Gasteiger partial charge in [-0.2, -0.15) is 0 Å².